The Labute approximate surface area is 156 Å². The molecule has 1 N–H and O–H groups in total. The van der Waals surface area contributed by atoms with Gasteiger partial charge in [-0.1, -0.05) is 5.21 Å². The van der Waals surface area contributed by atoms with E-state index in [-0.39, 0.29) is 11.6 Å². The summed E-state index contributed by atoms with van der Waals surface area (Å²) >= 11 is 0. The Balaban J connectivity index is 1.61. The third-order valence-electron chi connectivity index (χ3n) is 4.22. The van der Waals surface area contributed by atoms with Gasteiger partial charge in [-0.15, -0.1) is 5.10 Å². The number of aromatic nitrogens is 4. The minimum Gasteiger partial charge on any atom is -0.486 e. The smallest absolute Gasteiger partial charge is 0.279 e. The second kappa shape index (κ2) is 6.71. The molecule has 27 heavy (non-hydrogen) atoms. The molecular formula is C19H19N5O3. The first-order chi connectivity index (χ1) is 13.0. The van der Waals surface area contributed by atoms with Crippen molar-refractivity contribution in [2.24, 2.45) is 0 Å². The fraction of sp³-hybridized carbons (Fsp3) is 0.263. The number of ether oxygens (including phenoxy) is 2. The van der Waals surface area contributed by atoms with Crippen LogP contribution >= 0.6 is 0 Å². The van der Waals surface area contributed by atoms with Crippen LogP contribution in [0, 0.1) is 20.8 Å². The first-order valence-electron chi connectivity index (χ1n) is 8.60. The van der Waals surface area contributed by atoms with Crippen LogP contribution in [0.15, 0.2) is 30.3 Å². The van der Waals surface area contributed by atoms with Gasteiger partial charge >= 0.3 is 0 Å². The van der Waals surface area contributed by atoms with Gasteiger partial charge in [0, 0.05) is 11.8 Å². The highest BCUT2D eigenvalue weighted by molar-refractivity contribution is 6.03. The third kappa shape index (κ3) is 3.33. The zero-order valence-electron chi connectivity index (χ0n) is 15.3. The first kappa shape index (κ1) is 17.0. The predicted octanol–water partition coefficient (Wildman–Crippen LogP) is 2.61. The molecular weight excluding hydrogens is 346 g/mol. The molecule has 3 aromatic rings. The van der Waals surface area contributed by atoms with Gasteiger partial charge in [0.15, 0.2) is 17.2 Å². The lowest BCUT2D eigenvalue weighted by atomic mass is 10.2. The van der Waals surface area contributed by atoms with Gasteiger partial charge in [0.25, 0.3) is 5.91 Å². The van der Waals surface area contributed by atoms with E-state index in [0.29, 0.717) is 36.2 Å². The maximum Gasteiger partial charge on any atom is 0.279 e. The van der Waals surface area contributed by atoms with Crippen LogP contribution in [0.4, 0.5) is 5.82 Å². The van der Waals surface area contributed by atoms with Crippen LogP contribution in [0.25, 0.3) is 5.69 Å². The molecule has 1 aliphatic rings. The number of hydrogen-bond donors (Lipinski definition) is 1. The van der Waals surface area contributed by atoms with Gasteiger partial charge in [0.1, 0.15) is 19.0 Å². The minimum absolute atomic E-state index is 0.242. The molecule has 2 aromatic heterocycles. The fourth-order valence-electron chi connectivity index (χ4n) is 3.03. The molecule has 3 heterocycles. The lowest BCUT2D eigenvalue weighted by Gasteiger charge is -2.18. The Hall–Kier alpha value is -3.42. The minimum atomic E-state index is -0.353. The summed E-state index contributed by atoms with van der Waals surface area (Å²) in [4.78, 5) is 16.9. The van der Waals surface area contributed by atoms with Gasteiger partial charge < -0.3 is 14.8 Å². The second-order valence-electron chi connectivity index (χ2n) is 6.39. The van der Waals surface area contributed by atoms with Gasteiger partial charge in [0.2, 0.25) is 0 Å². The number of fused-ring (bicyclic) bond motifs is 1. The van der Waals surface area contributed by atoms with E-state index in [1.165, 1.54) is 0 Å². The molecule has 0 saturated carbocycles. The Morgan fingerprint density at radius 2 is 1.85 bits per heavy atom. The van der Waals surface area contributed by atoms with E-state index in [4.69, 9.17) is 9.47 Å². The Morgan fingerprint density at radius 1 is 1.07 bits per heavy atom. The maximum absolute atomic E-state index is 12.6. The van der Waals surface area contributed by atoms with Crippen molar-refractivity contribution in [2.45, 2.75) is 20.8 Å². The number of carbonyl (C=O) groups excluding carboxylic acids is 1. The van der Waals surface area contributed by atoms with Gasteiger partial charge in [-0.05, 0) is 50.6 Å². The molecule has 0 bridgehead atoms. The fourth-order valence-corrected chi connectivity index (χ4v) is 3.03. The van der Waals surface area contributed by atoms with Crippen molar-refractivity contribution >= 4 is 11.7 Å². The summed E-state index contributed by atoms with van der Waals surface area (Å²) in [5, 5.41) is 11.0. The molecule has 0 spiro atoms. The van der Waals surface area contributed by atoms with Crippen molar-refractivity contribution in [2.75, 3.05) is 18.5 Å². The normalized spacial score (nSPS) is 12.7. The molecule has 1 aliphatic heterocycles. The van der Waals surface area contributed by atoms with Gasteiger partial charge in [-0.2, -0.15) is 0 Å². The van der Waals surface area contributed by atoms with Crippen LogP contribution in [0.1, 0.15) is 27.4 Å². The molecule has 1 aromatic carbocycles. The molecule has 138 valence electrons. The van der Waals surface area contributed by atoms with Crippen LogP contribution in [0.2, 0.25) is 0 Å². The molecule has 0 unspecified atom stereocenters. The Bertz CT molecular complexity index is 1010. The summed E-state index contributed by atoms with van der Waals surface area (Å²) in [6.45, 7) is 6.66. The number of nitrogens with one attached hydrogen (secondary N) is 1. The number of rotatable bonds is 3. The number of amides is 1. The first-order valence-corrected chi connectivity index (χ1v) is 8.60. The number of anilines is 1. The van der Waals surface area contributed by atoms with Crippen LogP contribution in [-0.2, 0) is 0 Å². The summed E-state index contributed by atoms with van der Waals surface area (Å²) < 4.78 is 12.7. The highest BCUT2D eigenvalue weighted by Crippen LogP contribution is 2.32. The lowest BCUT2D eigenvalue weighted by Crippen LogP contribution is -2.16. The molecule has 0 fully saturated rings. The number of pyridine rings is 1. The summed E-state index contributed by atoms with van der Waals surface area (Å²) in [5.41, 5.74) is 3.46. The predicted molar refractivity (Wildman–Crippen MR) is 98.8 cm³/mol. The van der Waals surface area contributed by atoms with Crippen molar-refractivity contribution in [3.05, 3.63) is 53.0 Å². The van der Waals surface area contributed by atoms with E-state index < -0.39 is 0 Å². The highest BCUT2D eigenvalue weighted by Gasteiger charge is 2.20. The second-order valence-corrected chi connectivity index (χ2v) is 6.39. The van der Waals surface area contributed by atoms with Gasteiger partial charge in [-0.3, -0.25) is 4.79 Å². The maximum atomic E-state index is 12.6. The topological polar surface area (TPSA) is 91.2 Å². The molecule has 0 saturated heterocycles. The van der Waals surface area contributed by atoms with E-state index in [1.807, 2.05) is 44.2 Å². The molecule has 0 radical (unpaired) electrons. The number of hydrogen-bond acceptors (Lipinski definition) is 6. The highest BCUT2D eigenvalue weighted by atomic mass is 16.6. The number of carbonyl (C=O) groups is 1. The summed E-state index contributed by atoms with van der Waals surface area (Å²) in [6, 6.07) is 9.25. The summed E-state index contributed by atoms with van der Waals surface area (Å²) in [6.07, 6.45) is 0. The largest absolute Gasteiger partial charge is 0.486 e. The summed E-state index contributed by atoms with van der Waals surface area (Å²) in [7, 11) is 0. The standard InChI is InChI=1S/C19H19N5O3/c1-11-8-12(2)20-17(9-11)21-19(25)18-13(3)24(23-22-18)14-4-5-15-16(10-14)27-7-6-26-15/h4-5,8-10H,6-7H2,1-3H3,(H,20,21,25). The van der Waals surface area contributed by atoms with Crippen molar-refractivity contribution in [1.82, 2.24) is 20.0 Å². The van der Waals surface area contributed by atoms with Crippen LogP contribution in [0.5, 0.6) is 11.5 Å². The monoisotopic (exact) mass is 365 g/mol. The van der Waals surface area contributed by atoms with Crippen LogP contribution < -0.4 is 14.8 Å². The summed E-state index contributed by atoms with van der Waals surface area (Å²) in [5.74, 6) is 1.49. The van der Waals surface area contributed by atoms with E-state index >= 15 is 0 Å². The SMILES string of the molecule is Cc1cc(C)nc(NC(=O)c2nnn(-c3ccc4c(c3)OCCO4)c2C)c1. The molecule has 0 atom stereocenters. The third-order valence-corrected chi connectivity index (χ3v) is 4.22. The zero-order chi connectivity index (χ0) is 19.0. The van der Waals surface area contributed by atoms with E-state index in [0.717, 1.165) is 16.9 Å². The molecule has 4 rings (SSSR count). The molecule has 1 amide bonds. The van der Waals surface area contributed by atoms with Crippen molar-refractivity contribution in [1.29, 1.82) is 0 Å². The Morgan fingerprint density at radius 3 is 2.63 bits per heavy atom. The number of aryl methyl sites for hydroxylation is 2. The lowest BCUT2D eigenvalue weighted by molar-refractivity contribution is 0.102. The molecule has 8 nitrogen and oxygen atoms in total. The number of benzene rings is 1. The van der Waals surface area contributed by atoms with E-state index in [9.17, 15) is 4.79 Å². The van der Waals surface area contributed by atoms with Gasteiger partial charge in [0.05, 0.1) is 11.4 Å². The average Bonchev–Trinajstić information content (AvgIpc) is 3.02. The van der Waals surface area contributed by atoms with Crippen LogP contribution in [-0.4, -0.2) is 39.1 Å². The van der Waals surface area contributed by atoms with Crippen LogP contribution in [0.3, 0.4) is 0 Å². The Kier molecular flexibility index (Phi) is 4.23. The van der Waals surface area contributed by atoms with Gasteiger partial charge in [-0.25, -0.2) is 9.67 Å². The number of nitrogens with zero attached hydrogens (tertiary/aromatic N) is 4. The quantitative estimate of drug-likeness (QED) is 0.767. The van der Waals surface area contributed by atoms with Crippen molar-refractivity contribution < 1.29 is 14.3 Å². The molecule has 0 aliphatic carbocycles. The van der Waals surface area contributed by atoms with E-state index in [1.54, 1.807) is 11.6 Å². The average molecular weight is 365 g/mol. The van der Waals surface area contributed by atoms with Crippen molar-refractivity contribution in [3.63, 3.8) is 0 Å². The van der Waals surface area contributed by atoms with Crippen molar-refractivity contribution in [3.8, 4) is 17.2 Å². The van der Waals surface area contributed by atoms with E-state index in [2.05, 4.69) is 20.6 Å². The zero-order valence-corrected chi connectivity index (χ0v) is 15.3. The molecule has 8 heteroatoms.